The van der Waals surface area contributed by atoms with Gasteiger partial charge < -0.3 is 19.9 Å². The highest BCUT2D eigenvalue weighted by Crippen LogP contribution is 2.21. The molecule has 1 saturated heterocycles. The number of thiocarbonyl (C=S) groups is 1. The normalized spacial score (nSPS) is 15.9. The van der Waals surface area contributed by atoms with E-state index in [2.05, 4.69) is 16.4 Å². The minimum atomic E-state index is -0.305. The van der Waals surface area contributed by atoms with Gasteiger partial charge in [-0.25, -0.2) is 4.39 Å². The van der Waals surface area contributed by atoms with E-state index in [0.29, 0.717) is 29.5 Å². The maximum Gasteiger partial charge on any atom is 0.253 e. The van der Waals surface area contributed by atoms with Crippen molar-refractivity contribution in [1.29, 1.82) is 0 Å². The van der Waals surface area contributed by atoms with Crippen molar-refractivity contribution < 1.29 is 9.13 Å². The molecule has 0 unspecified atom stereocenters. The molecule has 0 radical (unpaired) electrons. The van der Waals surface area contributed by atoms with Gasteiger partial charge in [0.1, 0.15) is 5.82 Å². The van der Waals surface area contributed by atoms with Crippen LogP contribution in [0.1, 0.15) is 29.5 Å². The number of ether oxygens (including phenoxy) is 1. The average Bonchev–Trinajstić information content (AvgIpc) is 3.26. The number of anilines is 1. The van der Waals surface area contributed by atoms with Gasteiger partial charge in [-0.05, 0) is 80.4 Å². The third kappa shape index (κ3) is 4.94. The number of fused-ring (bicyclic) bond motifs is 1. The molecule has 1 atom stereocenters. The molecule has 7 heteroatoms. The molecule has 2 N–H and O–H groups in total. The summed E-state index contributed by atoms with van der Waals surface area (Å²) in [7, 11) is 0. The molecule has 1 aromatic heterocycles. The second kappa shape index (κ2) is 9.16. The minimum Gasteiger partial charge on any atom is -0.376 e. The van der Waals surface area contributed by atoms with Gasteiger partial charge in [0.2, 0.25) is 0 Å². The lowest BCUT2D eigenvalue weighted by molar-refractivity contribution is 0.0904. The monoisotopic (exact) mass is 439 g/mol. The van der Waals surface area contributed by atoms with E-state index < -0.39 is 0 Å². The molecule has 2 heterocycles. The molecule has 0 amide bonds. The van der Waals surface area contributed by atoms with Crippen LogP contribution in [0.2, 0.25) is 0 Å². The second-order valence-electron chi connectivity index (χ2n) is 8.06. The van der Waals surface area contributed by atoms with Crippen LogP contribution in [0.5, 0.6) is 0 Å². The van der Waals surface area contributed by atoms with Crippen LogP contribution in [0.25, 0.3) is 10.9 Å². The Balaban J connectivity index is 1.63. The number of hydrogen-bond acceptors (Lipinski definition) is 3. The van der Waals surface area contributed by atoms with Gasteiger partial charge in [0.15, 0.2) is 5.11 Å². The van der Waals surface area contributed by atoms with E-state index >= 15 is 0 Å². The van der Waals surface area contributed by atoms with Crippen molar-refractivity contribution in [3.05, 3.63) is 75.3 Å². The lowest BCUT2D eigenvalue weighted by atomic mass is 10.0. The predicted octanol–water partition coefficient (Wildman–Crippen LogP) is 4.66. The third-order valence-electron chi connectivity index (χ3n) is 5.71. The Labute approximate surface area is 186 Å². The van der Waals surface area contributed by atoms with E-state index in [9.17, 15) is 9.18 Å². The van der Waals surface area contributed by atoms with Gasteiger partial charge in [0, 0.05) is 29.8 Å². The Hall–Kier alpha value is -2.77. The summed E-state index contributed by atoms with van der Waals surface area (Å²) in [4.78, 5) is 17.9. The molecule has 1 fully saturated rings. The smallest absolute Gasteiger partial charge is 0.253 e. The Morgan fingerprint density at radius 1 is 1.23 bits per heavy atom. The van der Waals surface area contributed by atoms with Crippen LogP contribution in [0.3, 0.4) is 0 Å². The number of rotatable bonds is 5. The Kier molecular flexibility index (Phi) is 6.34. The Morgan fingerprint density at radius 2 is 1.97 bits per heavy atom. The Bertz CT molecular complexity index is 1150. The summed E-state index contributed by atoms with van der Waals surface area (Å²) in [5.41, 5.74) is 4.23. The summed E-state index contributed by atoms with van der Waals surface area (Å²) >= 11 is 5.66. The molecule has 0 saturated carbocycles. The maximum atomic E-state index is 13.2. The average molecular weight is 440 g/mol. The molecule has 3 aromatic rings. The molecule has 162 valence electrons. The highest BCUT2D eigenvalue weighted by Gasteiger charge is 2.22. The summed E-state index contributed by atoms with van der Waals surface area (Å²) in [6, 6.07) is 12.1. The molecule has 31 heavy (non-hydrogen) atoms. The molecular formula is C24H26FN3O2S. The lowest BCUT2D eigenvalue weighted by Gasteiger charge is -2.28. The number of nitrogens with zero attached hydrogens (tertiary/aromatic N) is 1. The van der Waals surface area contributed by atoms with E-state index in [-0.39, 0.29) is 17.5 Å². The number of halogens is 1. The quantitative estimate of drug-likeness (QED) is 0.566. The van der Waals surface area contributed by atoms with Crippen molar-refractivity contribution in [2.75, 3.05) is 18.5 Å². The van der Waals surface area contributed by atoms with Gasteiger partial charge in [0.25, 0.3) is 5.56 Å². The molecule has 5 nitrogen and oxygen atoms in total. The predicted molar refractivity (Wildman–Crippen MR) is 126 cm³/mol. The molecule has 0 aliphatic carbocycles. The number of hydrogen-bond donors (Lipinski definition) is 2. The van der Waals surface area contributed by atoms with E-state index in [1.54, 1.807) is 12.1 Å². The van der Waals surface area contributed by atoms with Crippen molar-refractivity contribution >= 4 is 33.9 Å². The molecule has 1 aliphatic rings. The van der Waals surface area contributed by atoms with Gasteiger partial charge >= 0.3 is 0 Å². The van der Waals surface area contributed by atoms with Crippen molar-refractivity contribution in [2.45, 2.75) is 39.3 Å². The van der Waals surface area contributed by atoms with Crippen LogP contribution >= 0.6 is 12.2 Å². The van der Waals surface area contributed by atoms with E-state index in [1.165, 1.54) is 12.1 Å². The van der Waals surface area contributed by atoms with Gasteiger partial charge in [-0.15, -0.1) is 0 Å². The number of nitrogens with one attached hydrogen (secondary N) is 2. The number of aromatic nitrogens is 1. The molecule has 2 aromatic carbocycles. The van der Waals surface area contributed by atoms with Crippen LogP contribution in [-0.2, 0) is 11.3 Å². The summed E-state index contributed by atoms with van der Waals surface area (Å²) in [6.45, 7) is 5.70. The molecule has 4 rings (SSSR count). The summed E-state index contributed by atoms with van der Waals surface area (Å²) in [5.74, 6) is -0.305. The van der Waals surface area contributed by atoms with Crippen LogP contribution in [0, 0.1) is 19.7 Å². The van der Waals surface area contributed by atoms with Gasteiger partial charge in [0.05, 0.1) is 18.2 Å². The number of aryl methyl sites for hydroxylation is 2. The lowest BCUT2D eigenvalue weighted by Crippen LogP contribution is -2.40. The van der Waals surface area contributed by atoms with Crippen LogP contribution in [-0.4, -0.2) is 34.3 Å². The van der Waals surface area contributed by atoms with Crippen LogP contribution in [0.4, 0.5) is 10.1 Å². The first-order valence-electron chi connectivity index (χ1n) is 10.5. The fourth-order valence-electron chi connectivity index (χ4n) is 3.93. The van der Waals surface area contributed by atoms with Crippen molar-refractivity contribution in [3.63, 3.8) is 0 Å². The van der Waals surface area contributed by atoms with Gasteiger partial charge in [-0.2, -0.15) is 0 Å². The van der Waals surface area contributed by atoms with Gasteiger partial charge in [-0.3, -0.25) is 4.79 Å². The maximum absolute atomic E-state index is 13.2. The number of pyridine rings is 1. The molecule has 0 bridgehead atoms. The Morgan fingerprint density at radius 3 is 2.68 bits per heavy atom. The first-order chi connectivity index (χ1) is 14.9. The third-order valence-corrected chi connectivity index (χ3v) is 6.07. The number of aromatic amines is 1. The zero-order chi connectivity index (χ0) is 22.0. The van der Waals surface area contributed by atoms with Crippen LogP contribution < -0.4 is 10.9 Å². The molecule has 1 aliphatic heterocycles. The summed E-state index contributed by atoms with van der Waals surface area (Å²) < 4.78 is 19.1. The first kappa shape index (κ1) is 21.5. The van der Waals surface area contributed by atoms with Crippen LogP contribution in [0.15, 0.2) is 47.3 Å². The number of H-pyrrole nitrogens is 1. The highest BCUT2D eigenvalue weighted by molar-refractivity contribution is 7.80. The van der Waals surface area contributed by atoms with Crippen molar-refractivity contribution in [1.82, 2.24) is 9.88 Å². The van der Waals surface area contributed by atoms with Crippen molar-refractivity contribution in [2.24, 2.45) is 0 Å². The van der Waals surface area contributed by atoms with Crippen molar-refractivity contribution in [3.8, 4) is 0 Å². The summed E-state index contributed by atoms with van der Waals surface area (Å²) in [6.07, 6.45) is 2.05. The van der Waals surface area contributed by atoms with E-state index in [4.69, 9.17) is 17.0 Å². The fourth-order valence-corrected chi connectivity index (χ4v) is 4.19. The highest BCUT2D eigenvalue weighted by atomic mass is 32.1. The minimum absolute atomic E-state index is 0.0662. The van der Waals surface area contributed by atoms with E-state index in [0.717, 1.165) is 41.5 Å². The van der Waals surface area contributed by atoms with Gasteiger partial charge in [-0.1, -0.05) is 12.1 Å². The second-order valence-corrected chi connectivity index (χ2v) is 8.45. The SMILES string of the molecule is Cc1ccc(C)c2[nH]c(=O)c(CN(C[C@@H]3CCCO3)C(=S)Nc3ccc(F)cc3)cc12. The summed E-state index contributed by atoms with van der Waals surface area (Å²) in [5, 5.41) is 4.67. The topological polar surface area (TPSA) is 57.4 Å². The standard InChI is InChI=1S/C24H26FN3O2S/c1-15-5-6-16(2)22-21(15)12-17(23(29)27-22)13-28(14-20-4-3-11-30-20)24(31)26-19-9-7-18(25)8-10-19/h5-10,12,20H,3-4,11,13-14H2,1-2H3,(H,26,31)(H,27,29)/t20-/m0/s1. The number of benzene rings is 2. The molecule has 0 spiro atoms. The molecular weight excluding hydrogens is 413 g/mol. The zero-order valence-electron chi connectivity index (χ0n) is 17.7. The fraction of sp³-hybridized carbons (Fsp3) is 0.333. The zero-order valence-corrected chi connectivity index (χ0v) is 18.5. The largest absolute Gasteiger partial charge is 0.376 e. The first-order valence-corrected chi connectivity index (χ1v) is 10.9. The van der Waals surface area contributed by atoms with E-state index in [1.807, 2.05) is 30.9 Å².